The fourth-order valence-corrected chi connectivity index (χ4v) is 6.29. The monoisotopic (exact) mass is 470 g/mol. The topological polar surface area (TPSA) is 111 Å². The number of likely N-dealkylation sites (tertiary alicyclic amines) is 1. The third kappa shape index (κ3) is 4.47. The van der Waals surface area contributed by atoms with Gasteiger partial charge in [0.2, 0.25) is 10.0 Å². The second kappa shape index (κ2) is 8.83. The molecule has 1 saturated heterocycles. The molecule has 0 bridgehead atoms. The molecule has 1 amide bonds. The number of nitrogens with zero attached hydrogens (tertiary/aromatic N) is 3. The zero-order chi connectivity index (χ0) is 23.1. The Bertz CT molecular complexity index is 946. The number of methoxy groups -OCH3 is 1. The van der Waals surface area contributed by atoms with Gasteiger partial charge in [0.15, 0.2) is 5.82 Å². The van der Waals surface area contributed by atoms with Gasteiger partial charge in [0.05, 0.1) is 44.0 Å². The molecular formula is C21H31FN4O5S. The van der Waals surface area contributed by atoms with Crippen LogP contribution in [0.15, 0.2) is 12.4 Å². The first-order valence-electron chi connectivity index (χ1n) is 11.1. The van der Waals surface area contributed by atoms with E-state index in [0.29, 0.717) is 18.2 Å². The first kappa shape index (κ1) is 23.3. The number of aromatic nitrogens is 2. The lowest BCUT2D eigenvalue weighted by atomic mass is 9.86. The molecule has 178 valence electrons. The van der Waals surface area contributed by atoms with Crippen molar-refractivity contribution in [2.45, 2.75) is 75.6 Å². The molecule has 1 aliphatic heterocycles. The third-order valence-corrected chi connectivity index (χ3v) is 8.67. The van der Waals surface area contributed by atoms with E-state index in [2.05, 4.69) is 14.7 Å². The van der Waals surface area contributed by atoms with Gasteiger partial charge < -0.3 is 9.47 Å². The lowest BCUT2D eigenvalue weighted by Gasteiger charge is -2.32. The van der Waals surface area contributed by atoms with Gasteiger partial charge in [-0.25, -0.2) is 32.3 Å². The van der Waals surface area contributed by atoms with Gasteiger partial charge in [-0.1, -0.05) is 0 Å². The van der Waals surface area contributed by atoms with Crippen LogP contribution < -0.4 is 4.72 Å². The summed E-state index contributed by atoms with van der Waals surface area (Å²) in [5, 5.41) is 0. The second-order valence-corrected chi connectivity index (χ2v) is 11.2. The summed E-state index contributed by atoms with van der Waals surface area (Å²) in [6, 6.07) is -1.03. The summed E-state index contributed by atoms with van der Waals surface area (Å²) in [4.78, 5) is 22.4. The summed E-state index contributed by atoms with van der Waals surface area (Å²) in [5.74, 6) is 0.633. The lowest BCUT2D eigenvalue weighted by molar-refractivity contribution is -0.0103. The number of sulfonamides is 1. The van der Waals surface area contributed by atoms with Gasteiger partial charge >= 0.3 is 6.09 Å². The molecule has 3 aliphatic rings. The predicted molar refractivity (Wildman–Crippen MR) is 114 cm³/mol. The van der Waals surface area contributed by atoms with Crippen molar-refractivity contribution in [3.05, 3.63) is 24.0 Å². The number of hydrogen-bond donors (Lipinski definition) is 1. The molecule has 2 heterocycles. The van der Waals surface area contributed by atoms with Crippen LogP contribution in [0, 0.1) is 11.7 Å². The number of rotatable bonds is 7. The molecule has 0 unspecified atom stereocenters. The number of nitrogens with one attached hydrogen (secondary N) is 1. The first-order chi connectivity index (χ1) is 15.2. The Balaban J connectivity index is 1.40. The summed E-state index contributed by atoms with van der Waals surface area (Å²) in [6.45, 7) is 3.69. The van der Waals surface area contributed by atoms with Gasteiger partial charge in [-0.3, -0.25) is 4.90 Å². The molecule has 2 saturated carbocycles. The molecule has 6 atom stereocenters. The highest BCUT2D eigenvalue weighted by molar-refractivity contribution is 7.89. The summed E-state index contributed by atoms with van der Waals surface area (Å²) in [6.07, 6.45) is 5.94. The number of halogens is 1. The Morgan fingerprint density at radius 1 is 1.34 bits per heavy atom. The van der Waals surface area contributed by atoms with E-state index in [9.17, 15) is 17.6 Å². The highest BCUT2D eigenvalue weighted by Gasteiger charge is 2.60. The van der Waals surface area contributed by atoms with Crippen molar-refractivity contribution in [3.63, 3.8) is 0 Å². The number of fused-ring (bicyclic) bond motifs is 1. The molecule has 0 aromatic carbocycles. The molecular weight excluding hydrogens is 439 g/mol. The lowest BCUT2D eigenvalue weighted by Crippen LogP contribution is -2.50. The second-order valence-electron chi connectivity index (χ2n) is 9.17. The minimum atomic E-state index is -3.43. The van der Waals surface area contributed by atoms with Crippen LogP contribution in [-0.4, -0.2) is 73.1 Å². The van der Waals surface area contributed by atoms with Crippen LogP contribution in [0.1, 0.15) is 51.8 Å². The van der Waals surface area contributed by atoms with Crippen molar-refractivity contribution >= 4 is 16.1 Å². The van der Waals surface area contributed by atoms with Gasteiger partial charge in [0.25, 0.3) is 0 Å². The van der Waals surface area contributed by atoms with Crippen LogP contribution in [0.4, 0.5) is 9.18 Å². The molecule has 1 aromatic rings. The van der Waals surface area contributed by atoms with Gasteiger partial charge in [-0.15, -0.1) is 0 Å². The maximum Gasteiger partial charge on any atom is 0.410 e. The van der Waals surface area contributed by atoms with Crippen LogP contribution in [-0.2, 0) is 24.9 Å². The van der Waals surface area contributed by atoms with Crippen LogP contribution in [0.2, 0.25) is 0 Å². The Kier molecular flexibility index (Phi) is 6.43. The van der Waals surface area contributed by atoms with Crippen LogP contribution in [0.25, 0.3) is 0 Å². The molecule has 9 nitrogen and oxygen atoms in total. The maximum atomic E-state index is 13.2. The third-order valence-electron chi connectivity index (χ3n) is 7.25. The van der Waals surface area contributed by atoms with Crippen molar-refractivity contribution in [1.82, 2.24) is 19.6 Å². The Hall–Kier alpha value is -1.85. The van der Waals surface area contributed by atoms with Gasteiger partial charge in [0.1, 0.15) is 5.82 Å². The average molecular weight is 471 g/mol. The van der Waals surface area contributed by atoms with Gasteiger partial charge in [-0.05, 0) is 51.9 Å². The standard InChI is InChI=1S/C21H31FN4O5S/c1-4-32(28,29)25-17-7-13(2)26(20(27)30-3)18(17)12-31-16-5-6-21(9-14(21)8-16)19-23-10-15(22)11-24-19/h10-11,13-14,16-18,25H,4-9,12H2,1-3H3/t13-,14-,16+,17+,18+,21-/m1/s1. The normalized spacial score (nSPS) is 34.2. The smallest absolute Gasteiger partial charge is 0.410 e. The minimum Gasteiger partial charge on any atom is -0.453 e. The van der Waals surface area contributed by atoms with Crippen molar-refractivity contribution in [3.8, 4) is 0 Å². The van der Waals surface area contributed by atoms with Gasteiger partial charge in [-0.2, -0.15) is 0 Å². The molecule has 32 heavy (non-hydrogen) atoms. The zero-order valence-electron chi connectivity index (χ0n) is 18.7. The quantitative estimate of drug-likeness (QED) is 0.649. The number of ether oxygens (including phenoxy) is 2. The van der Waals surface area contributed by atoms with Crippen LogP contribution >= 0.6 is 0 Å². The summed E-state index contributed by atoms with van der Waals surface area (Å²) in [7, 11) is -2.11. The molecule has 2 aliphatic carbocycles. The predicted octanol–water partition coefficient (Wildman–Crippen LogP) is 1.98. The van der Waals surface area contributed by atoms with E-state index >= 15 is 0 Å². The fraction of sp³-hybridized carbons (Fsp3) is 0.762. The average Bonchev–Trinajstić information content (AvgIpc) is 3.42. The minimum absolute atomic E-state index is 0.00917. The van der Waals surface area contributed by atoms with Crippen molar-refractivity contribution in [1.29, 1.82) is 0 Å². The Morgan fingerprint density at radius 3 is 2.69 bits per heavy atom. The summed E-state index contributed by atoms with van der Waals surface area (Å²) < 4.78 is 51.4. The fourth-order valence-electron chi connectivity index (χ4n) is 5.41. The SMILES string of the molecule is CCS(=O)(=O)N[C@H]1C[C@@H](C)N(C(=O)OC)[C@H]1CO[C@H]1CC[C@@]2(c3ncc(F)cn3)C[C@H]2C1. The molecule has 1 aromatic heterocycles. The first-order valence-corrected chi connectivity index (χ1v) is 12.8. The number of amides is 1. The molecule has 4 rings (SSSR count). The van der Waals surface area contributed by atoms with Crippen molar-refractivity contribution < 1.29 is 27.1 Å². The van der Waals surface area contributed by atoms with Crippen LogP contribution in [0.3, 0.4) is 0 Å². The highest BCUT2D eigenvalue weighted by Crippen LogP contribution is 2.61. The summed E-state index contributed by atoms with van der Waals surface area (Å²) in [5.41, 5.74) is -0.0766. The Labute approximate surface area is 188 Å². The van der Waals surface area contributed by atoms with E-state index in [1.165, 1.54) is 19.5 Å². The maximum absolute atomic E-state index is 13.2. The molecule has 0 radical (unpaired) electrons. The number of carbonyl (C=O) groups excluding carboxylic acids is 1. The van der Waals surface area contributed by atoms with E-state index in [4.69, 9.17) is 9.47 Å². The molecule has 11 heteroatoms. The van der Waals surface area contributed by atoms with Gasteiger partial charge in [0, 0.05) is 17.5 Å². The van der Waals surface area contributed by atoms with E-state index in [1.54, 1.807) is 11.8 Å². The van der Waals surface area contributed by atoms with Crippen molar-refractivity contribution in [2.24, 2.45) is 5.92 Å². The van der Waals surface area contributed by atoms with Crippen LogP contribution in [0.5, 0.6) is 0 Å². The summed E-state index contributed by atoms with van der Waals surface area (Å²) >= 11 is 0. The van der Waals surface area contributed by atoms with Crippen molar-refractivity contribution in [2.75, 3.05) is 19.5 Å². The zero-order valence-corrected chi connectivity index (χ0v) is 19.5. The van der Waals surface area contributed by atoms with E-state index in [-0.39, 0.29) is 29.9 Å². The molecule has 0 spiro atoms. The number of hydrogen-bond acceptors (Lipinski definition) is 7. The Morgan fingerprint density at radius 2 is 2.06 bits per heavy atom. The van der Waals surface area contributed by atoms with E-state index in [0.717, 1.165) is 25.7 Å². The molecule has 1 N–H and O–H groups in total. The molecule has 3 fully saturated rings. The number of carbonyl (C=O) groups is 1. The van der Waals surface area contributed by atoms with E-state index < -0.39 is 34.0 Å². The highest BCUT2D eigenvalue weighted by atomic mass is 32.2. The van der Waals surface area contributed by atoms with E-state index in [1.807, 2.05) is 6.92 Å². The largest absolute Gasteiger partial charge is 0.453 e.